The molecule has 0 bridgehead atoms. The minimum atomic E-state index is -3.58. The third kappa shape index (κ3) is 11.3. The van der Waals surface area contributed by atoms with Gasteiger partial charge in [0.05, 0.1) is 0 Å². The summed E-state index contributed by atoms with van der Waals surface area (Å²) in [6.07, 6.45) is 2.04. The van der Waals surface area contributed by atoms with E-state index < -0.39 is 22.8 Å². The third-order valence-electron chi connectivity index (χ3n) is 2.96. The van der Waals surface area contributed by atoms with E-state index in [1.807, 2.05) is 31.4 Å². The van der Waals surface area contributed by atoms with Gasteiger partial charge in [0, 0.05) is 45.1 Å². The first-order chi connectivity index (χ1) is 13.3. The first-order valence-electron chi connectivity index (χ1n) is 7.46. The molecule has 0 amide bonds. The fourth-order valence-corrected chi connectivity index (χ4v) is 4.80. The maximum Gasteiger partial charge on any atom is 0.475 e. The average Bonchev–Trinajstić information content (AvgIpc) is 2.67. The zero-order chi connectivity index (χ0) is 22.9. The SMILES string of the molecule is COP(=O)(OC)OC(Br)C(Cl)(Cl)Br.COP(=S)(OC)Oc1ccc(SC)c(C)c1. The lowest BCUT2D eigenvalue weighted by atomic mass is 10.2. The molecule has 1 aromatic carbocycles. The summed E-state index contributed by atoms with van der Waals surface area (Å²) in [6.45, 7) is -0.590. The molecule has 0 heterocycles. The molecule has 0 N–H and O–H groups in total. The Kier molecular flexibility index (Phi) is 14.7. The monoisotopic (exact) mass is 656 g/mol. The van der Waals surface area contributed by atoms with E-state index in [1.54, 1.807) is 11.8 Å². The molecule has 0 aliphatic heterocycles. The average molecular weight is 659 g/mol. The Morgan fingerprint density at radius 2 is 1.66 bits per heavy atom. The molecule has 0 saturated carbocycles. The molecule has 1 atom stereocenters. The number of alkyl halides is 4. The fraction of sp³-hybridized carbons (Fsp3) is 0.571. The minimum absolute atomic E-state index is 0.683. The van der Waals surface area contributed by atoms with E-state index in [1.165, 1.54) is 33.3 Å². The molecule has 7 nitrogen and oxygen atoms in total. The number of halogens is 4. The van der Waals surface area contributed by atoms with Crippen molar-refractivity contribution in [1.29, 1.82) is 0 Å². The van der Waals surface area contributed by atoms with E-state index in [-0.39, 0.29) is 0 Å². The summed E-state index contributed by atoms with van der Waals surface area (Å²) in [4.78, 5) is 1.22. The van der Waals surface area contributed by atoms with Gasteiger partial charge in [-0.05, 0) is 52.9 Å². The van der Waals surface area contributed by atoms with E-state index in [4.69, 9.17) is 53.1 Å². The van der Waals surface area contributed by atoms with Gasteiger partial charge in [-0.3, -0.25) is 13.6 Å². The van der Waals surface area contributed by atoms with Gasteiger partial charge in [-0.15, -0.1) is 11.8 Å². The van der Waals surface area contributed by atoms with Crippen LogP contribution in [0.15, 0.2) is 23.1 Å². The molecule has 0 spiro atoms. The standard InChI is InChI=1S/C10H15O3PS2.C4H7Br2Cl2O4P/c1-8-7-9(5-6-10(8)16-4)13-14(15,11-2)12-3;1-10-13(9,11-2)12-3(5)4(6,7)8/h5-7H,1-4H3;3H,1-2H3. The molecule has 15 heteroatoms. The quantitative estimate of drug-likeness (QED) is 0.147. The summed E-state index contributed by atoms with van der Waals surface area (Å²) in [5, 5.41) is -0.936. The molecule has 0 radical (unpaired) electrons. The molecular weight excluding hydrogens is 637 g/mol. The second-order valence-electron chi connectivity index (χ2n) is 4.81. The van der Waals surface area contributed by atoms with Gasteiger partial charge in [0.2, 0.25) is 3.24 Å². The molecule has 29 heavy (non-hydrogen) atoms. The summed E-state index contributed by atoms with van der Waals surface area (Å²) in [6, 6.07) is 5.81. The largest absolute Gasteiger partial charge is 0.475 e. The summed E-state index contributed by atoms with van der Waals surface area (Å²) in [5.74, 6) is 0.683. The van der Waals surface area contributed by atoms with Crippen molar-refractivity contribution in [3.8, 4) is 5.75 Å². The smallest absolute Gasteiger partial charge is 0.424 e. The van der Waals surface area contributed by atoms with Gasteiger partial charge in [0.15, 0.2) is 5.01 Å². The lowest BCUT2D eigenvalue weighted by molar-refractivity contribution is 0.146. The second-order valence-corrected chi connectivity index (χ2v) is 15.0. The van der Waals surface area contributed by atoms with Crippen molar-refractivity contribution in [1.82, 2.24) is 0 Å². The van der Waals surface area contributed by atoms with Gasteiger partial charge in [-0.1, -0.05) is 39.1 Å². The normalized spacial score (nSPS) is 13.4. The van der Waals surface area contributed by atoms with Crippen molar-refractivity contribution in [3.05, 3.63) is 23.8 Å². The highest BCUT2D eigenvalue weighted by molar-refractivity contribution is 9.13. The second kappa shape index (κ2) is 14.0. The summed E-state index contributed by atoms with van der Waals surface area (Å²) >= 11 is 23.8. The molecule has 0 saturated heterocycles. The van der Waals surface area contributed by atoms with Crippen molar-refractivity contribution in [2.75, 3.05) is 34.7 Å². The van der Waals surface area contributed by atoms with Gasteiger partial charge in [-0.25, -0.2) is 4.57 Å². The Hall–Kier alpha value is 1.59. The van der Waals surface area contributed by atoms with Crippen LogP contribution in [0, 0.1) is 6.92 Å². The van der Waals surface area contributed by atoms with Gasteiger partial charge >= 0.3 is 14.5 Å². The summed E-state index contributed by atoms with van der Waals surface area (Å²) < 4.78 is 39.4. The van der Waals surface area contributed by atoms with E-state index in [0.717, 1.165) is 5.56 Å². The number of benzene rings is 1. The Morgan fingerprint density at radius 1 is 1.14 bits per heavy atom. The minimum Gasteiger partial charge on any atom is -0.424 e. The third-order valence-corrected chi connectivity index (χ3v) is 10.8. The van der Waals surface area contributed by atoms with Crippen molar-refractivity contribution < 1.29 is 31.7 Å². The van der Waals surface area contributed by atoms with Gasteiger partial charge in [0.25, 0.3) is 0 Å². The van der Waals surface area contributed by atoms with Gasteiger partial charge < -0.3 is 13.6 Å². The molecule has 1 rings (SSSR count). The van der Waals surface area contributed by atoms with Crippen LogP contribution in [0.2, 0.25) is 0 Å². The van der Waals surface area contributed by atoms with E-state index in [9.17, 15) is 4.57 Å². The number of thioether (sulfide) groups is 1. The zero-order valence-corrected chi connectivity index (χ0v) is 24.5. The Morgan fingerprint density at radius 3 is 2.00 bits per heavy atom. The van der Waals surface area contributed by atoms with Gasteiger partial charge in [-0.2, -0.15) is 0 Å². The molecule has 1 aromatic rings. The van der Waals surface area contributed by atoms with Gasteiger partial charge in [0.1, 0.15) is 5.75 Å². The number of aryl methyl sites for hydroxylation is 1. The van der Waals surface area contributed by atoms with E-state index in [0.29, 0.717) is 5.75 Å². The van der Waals surface area contributed by atoms with Crippen LogP contribution < -0.4 is 4.52 Å². The Bertz CT molecular complexity index is 724. The lowest BCUT2D eigenvalue weighted by Gasteiger charge is -2.22. The summed E-state index contributed by atoms with van der Waals surface area (Å²) in [5.41, 5.74) is 1.15. The first kappa shape index (κ1) is 30.6. The van der Waals surface area contributed by atoms with Crippen molar-refractivity contribution in [2.45, 2.75) is 20.1 Å². The maximum atomic E-state index is 11.4. The van der Waals surface area contributed by atoms with Crippen LogP contribution in [0.4, 0.5) is 0 Å². The number of rotatable bonds is 10. The number of phosphoric acid groups is 1. The predicted octanol–water partition coefficient (Wildman–Crippen LogP) is 7.26. The molecule has 0 aliphatic rings. The number of hydrogen-bond donors (Lipinski definition) is 0. The predicted molar refractivity (Wildman–Crippen MR) is 131 cm³/mol. The molecule has 1 unspecified atom stereocenters. The highest BCUT2D eigenvalue weighted by atomic mass is 79.9. The maximum absolute atomic E-state index is 11.4. The van der Waals surface area contributed by atoms with Crippen molar-refractivity contribution >= 4 is 93.2 Å². The molecule has 0 fully saturated rings. The molecule has 170 valence electrons. The molecule has 0 aromatic heterocycles. The van der Waals surface area contributed by atoms with Crippen LogP contribution in [0.3, 0.4) is 0 Å². The molecular formula is C14H22Br2Cl2O7P2S2. The number of phosphoric ester groups is 1. The fourth-order valence-electron chi connectivity index (χ4n) is 1.52. The topological polar surface area (TPSA) is 72.5 Å². The van der Waals surface area contributed by atoms with Crippen LogP contribution in [-0.2, 0) is 39.0 Å². The zero-order valence-electron chi connectivity index (χ0n) is 16.4. The van der Waals surface area contributed by atoms with E-state index in [2.05, 4.69) is 40.9 Å². The first-order valence-corrected chi connectivity index (χ1v) is 15.2. The van der Waals surface area contributed by atoms with Crippen molar-refractivity contribution in [2.24, 2.45) is 0 Å². The Balaban J connectivity index is 0.000000555. The van der Waals surface area contributed by atoms with Crippen LogP contribution in [0.1, 0.15) is 5.56 Å². The van der Waals surface area contributed by atoms with Crippen LogP contribution in [0.25, 0.3) is 0 Å². The highest BCUT2D eigenvalue weighted by Crippen LogP contribution is 2.53. The lowest BCUT2D eigenvalue weighted by Crippen LogP contribution is -2.21. The summed E-state index contributed by atoms with van der Waals surface area (Å²) in [7, 11) is 1.77. The van der Waals surface area contributed by atoms with Crippen LogP contribution in [0.5, 0.6) is 5.75 Å². The highest BCUT2D eigenvalue weighted by Gasteiger charge is 2.38. The van der Waals surface area contributed by atoms with E-state index >= 15 is 0 Å². The van der Waals surface area contributed by atoms with Crippen LogP contribution in [-0.4, -0.2) is 43.0 Å². The van der Waals surface area contributed by atoms with Crippen molar-refractivity contribution in [3.63, 3.8) is 0 Å². The number of hydrogen-bond acceptors (Lipinski definition) is 9. The Labute approximate surface area is 207 Å². The van der Waals surface area contributed by atoms with Crippen LogP contribution >= 0.6 is 81.4 Å². The molecule has 0 aliphatic carbocycles.